The Balaban J connectivity index is 2.99. The Morgan fingerprint density at radius 3 is 2.44 bits per heavy atom. The summed E-state index contributed by atoms with van der Waals surface area (Å²) in [6, 6.07) is 0. The molecule has 0 heterocycles. The van der Waals surface area contributed by atoms with Crippen LogP contribution in [0.5, 0.6) is 0 Å². The molecule has 0 atom stereocenters. The predicted molar refractivity (Wildman–Crippen MR) is 43.0 cm³/mol. The topological polar surface area (TPSA) is 3.24 Å². The van der Waals surface area contributed by atoms with E-state index in [1.807, 2.05) is 6.08 Å². The van der Waals surface area contributed by atoms with Crippen molar-refractivity contribution >= 4 is 11.6 Å². The summed E-state index contributed by atoms with van der Waals surface area (Å²) in [7, 11) is 4.13. The molecule has 0 rings (SSSR count). The van der Waals surface area contributed by atoms with E-state index in [0.29, 0.717) is 5.88 Å². The number of allylic oxidation sites excluding steroid dienone is 1. The molecule has 0 amide bonds. The normalized spacial score (nSPS) is 11.6. The van der Waals surface area contributed by atoms with E-state index in [9.17, 15) is 0 Å². The molecule has 0 aliphatic heterocycles. The zero-order valence-corrected chi connectivity index (χ0v) is 6.86. The van der Waals surface area contributed by atoms with E-state index in [1.165, 1.54) is 0 Å². The molecular formula is C7H14ClN. The summed E-state index contributed by atoms with van der Waals surface area (Å²) in [5, 5.41) is 0. The molecule has 0 saturated heterocycles. The van der Waals surface area contributed by atoms with Gasteiger partial charge < -0.3 is 4.90 Å². The molecule has 1 nitrogen and oxygen atoms in total. The van der Waals surface area contributed by atoms with Crippen LogP contribution in [-0.4, -0.2) is 31.4 Å². The first-order valence-corrected chi connectivity index (χ1v) is 3.66. The summed E-state index contributed by atoms with van der Waals surface area (Å²) in [4.78, 5) is 2.15. The van der Waals surface area contributed by atoms with Gasteiger partial charge in [0.15, 0.2) is 0 Å². The van der Waals surface area contributed by atoms with Crippen molar-refractivity contribution in [1.29, 1.82) is 0 Å². The number of hydrogen-bond acceptors (Lipinski definition) is 1. The lowest BCUT2D eigenvalue weighted by molar-refractivity contribution is 0.417. The molecule has 9 heavy (non-hydrogen) atoms. The summed E-state index contributed by atoms with van der Waals surface area (Å²) in [6.07, 6.45) is 5.18. The molecule has 0 radical (unpaired) electrons. The lowest BCUT2D eigenvalue weighted by Gasteiger charge is -2.04. The van der Waals surface area contributed by atoms with Crippen LogP contribution in [0.4, 0.5) is 0 Å². The summed E-state index contributed by atoms with van der Waals surface area (Å²) in [5.74, 6) is 0.632. The van der Waals surface area contributed by atoms with Gasteiger partial charge in [-0.05, 0) is 20.5 Å². The Kier molecular flexibility index (Phi) is 6.11. The quantitative estimate of drug-likeness (QED) is 0.433. The van der Waals surface area contributed by atoms with Crippen molar-refractivity contribution in [3.05, 3.63) is 12.2 Å². The highest BCUT2D eigenvalue weighted by Gasteiger charge is 1.83. The largest absolute Gasteiger partial charge is 0.309 e. The molecular weight excluding hydrogens is 134 g/mol. The van der Waals surface area contributed by atoms with Gasteiger partial charge in [0.05, 0.1) is 0 Å². The lowest BCUT2D eigenvalue weighted by Crippen LogP contribution is -2.11. The van der Waals surface area contributed by atoms with E-state index in [1.54, 1.807) is 0 Å². The second-order valence-corrected chi connectivity index (χ2v) is 2.53. The highest BCUT2D eigenvalue weighted by atomic mass is 35.5. The predicted octanol–water partition coefficient (Wildman–Crippen LogP) is 1.73. The Morgan fingerprint density at radius 2 is 2.00 bits per heavy atom. The first-order chi connectivity index (χ1) is 4.27. The Hall–Kier alpha value is -0.0100. The van der Waals surface area contributed by atoms with E-state index >= 15 is 0 Å². The molecule has 54 valence electrons. The fraction of sp³-hybridized carbons (Fsp3) is 0.714. The van der Waals surface area contributed by atoms with Gasteiger partial charge >= 0.3 is 0 Å². The first kappa shape index (κ1) is 8.99. The maximum atomic E-state index is 5.42. The molecule has 0 aliphatic rings. The average molecular weight is 148 g/mol. The van der Waals surface area contributed by atoms with Crippen LogP contribution in [0.1, 0.15) is 6.42 Å². The zero-order valence-electron chi connectivity index (χ0n) is 6.10. The van der Waals surface area contributed by atoms with E-state index in [4.69, 9.17) is 11.6 Å². The van der Waals surface area contributed by atoms with Gasteiger partial charge in [-0.15, -0.1) is 11.6 Å². The van der Waals surface area contributed by atoms with Crippen LogP contribution in [0.3, 0.4) is 0 Å². The molecule has 2 heteroatoms. The molecule has 0 bridgehead atoms. The van der Waals surface area contributed by atoms with Crippen molar-refractivity contribution in [2.24, 2.45) is 0 Å². The molecule has 0 spiro atoms. The minimum Gasteiger partial charge on any atom is -0.309 e. The van der Waals surface area contributed by atoms with Crippen LogP contribution in [0.25, 0.3) is 0 Å². The summed E-state index contributed by atoms with van der Waals surface area (Å²) < 4.78 is 0. The van der Waals surface area contributed by atoms with Crippen molar-refractivity contribution in [2.75, 3.05) is 26.5 Å². The van der Waals surface area contributed by atoms with Crippen molar-refractivity contribution in [2.45, 2.75) is 6.42 Å². The summed E-state index contributed by atoms with van der Waals surface area (Å²) >= 11 is 5.42. The van der Waals surface area contributed by atoms with Crippen LogP contribution in [0.15, 0.2) is 12.2 Å². The SMILES string of the molecule is CN(C)CCC=CCCl. The van der Waals surface area contributed by atoms with Crippen LogP contribution in [0.2, 0.25) is 0 Å². The summed E-state index contributed by atoms with van der Waals surface area (Å²) in [6.45, 7) is 1.10. The third-order valence-corrected chi connectivity index (χ3v) is 1.18. The van der Waals surface area contributed by atoms with Crippen molar-refractivity contribution in [3.8, 4) is 0 Å². The Morgan fingerprint density at radius 1 is 1.33 bits per heavy atom. The van der Waals surface area contributed by atoms with Crippen LogP contribution < -0.4 is 0 Å². The van der Waals surface area contributed by atoms with Gasteiger partial charge in [-0.25, -0.2) is 0 Å². The second kappa shape index (κ2) is 6.12. The third-order valence-electron chi connectivity index (χ3n) is 0.999. The molecule has 0 saturated carbocycles. The second-order valence-electron chi connectivity index (χ2n) is 2.22. The molecule has 0 unspecified atom stereocenters. The van der Waals surface area contributed by atoms with E-state index in [2.05, 4.69) is 25.1 Å². The van der Waals surface area contributed by atoms with Crippen molar-refractivity contribution in [3.63, 3.8) is 0 Å². The molecule has 0 aromatic heterocycles. The highest BCUT2D eigenvalue weighted by Crippen LogP contribution is 1.86. The smallest absolute Gasteiger partial charge is 0.0404 e. The minimum absolute atomic E-state index is 0.632. The van der Waals surface area contributed by atoms with E-state index in [0.717, 1.165) is 13.0 Å². The van der Waals surface area contributed by atoms with Crippen molar-refractivity contribution < 1.29 is 0 Å². The van der Waals surface area contributed by atoms with E-state index < -0.39 is 0 Å². The fourth-order valence-corrected chi connectivity index (χ4v) is 0.640. The van der Waals surface area contributed by atoms with Crippen molar-refractivity contribution in [1.82, 2.24) is 4.90 Å². The molecule has 0 aromatic carbocycles. The maximum absolute atomic E-state index is 5.42. The molecule has 0 aliphatic carbocycles. The van der Waals surface area contributed by atoms with Gasteiger partial charge in [-0.3, -0.25) is 0 Å². The Bertz CT molecular complexity index is 79.0. The number of alkyl halides is 1. The average Bonchev–Trinajstić information content (AvgIpc) is 1.80. The molecule has 0 N–H and O–H groups in total. The standard InChI is InChI=1S/C7H14ClN/c1-9(2)7-5-3-4-6-8/h3-4H,5-7H2,1-2H3. The number of nitrogens with zero attached hydrogens (tertiary/aromatic N) is 1. The minimum atomic E-state index is 0.632. The molecule has 0 aromatic rings. The van der Waals surface area contributed by atoms with Crippen LogP contribution in [-0.2, 0) is 0 Å². The van der Waals surface area contributed by atoms with Gasteiger partial charge in [0, 0.05) is 12.4 Å². The van der Waals surface area contributed by atoms with Crippen LogP contribution >= 0.6 is 11.6 Å². The number of hydrogen-bond donors (Lipinski definition) is 0. The first-order valence-electron chi connectivity index (χ1n) is 3.13. The number of rotatable bonds is 4. The lowest BCUT2D eigenvalue weighted by atomic mass is 10.4. The maximum Gasteiger partial charge on any atom is 0.0404 e. The van der Waals surface area contributed by atoms with Crippen LogP contribution in [0, 0.1) is 0 Å². The monoisotopic (exact) mass is 147 g/mol. The van der Waals surface area contributed by atoms with E-state index in [-0.39, 0.29) is 0 Å². The van der Waals surface area contributed by atoms with Gasteiger partial charge in [-0.1, -0.05) is 12.2 Å². The Labute approximate surface area is 62.3 Å². The van der Waals surface area contributed by atoms with Gasteiger partial charge in [0.25, 0.3) is 0 Å². The van der Waals surface area contributed by atoms with Gasteiger partial charge in [0.2, 0.25) is 0 Å². The highest BCUT2D eigenvalue weighted by molar-refractivity contribution is 6.18. The van der Waals surface area contributed by atoms with Gasteiger partial charge in [0.1, 0.15) is 0 Å². The summed E-state index contributed by atoms with van der Waals surface area (Å²) in [5.41, 5.74) is 0. The van der Waals surface area contributed by atoms with Gasteiger partial charge in [-0.2, -0.15) is 0 Å². The molecule has 0 fully saturated rings. The zero-order chi connectivity index (χ0) is 7.11. The third kappa shape index (κ3) is 7.99. The number of halogens is 1. The fourth-order valence-electron chi connectivity index (χ4n) is 0.514.